The first-order valence-corrected chi connectivity index (χ1v) is 9.54. The van der Waals surface area contributed by atoms with Crippen LogP contribution in [-0.4, -0.2) is 49.1 Å². The third kappa shape index (κ3) is 6.35. The summed E-state index contributed by atoms with van der Waals surface area (Å²) in [7, 11) is 0. The molecular formula is C21H27ClN2O. The van der Waals surface area contributed by atoms with Gasteiger partial charge in [-0.2, -0.15) is 0 Å². The van der Waals surface area contributed by atoms with Crippen LogP contribution < -0.4 is 4.74 Å². The maximum Gasteiger partial charge on any atom is 0.119 e. The fourth-order valence-electron chi connectivity index (χ4n) is 3.17. The van der Waals surface area contributed by atoms with Crippen LogP contribution in [0, 0.1) is 0 Å². The highest BCUT2D eigenvalue weighted by molar-refractivity contribution is 6.30. The molecule has 1 heterocycles. The molecule has 0 aromatic heterocycles. The van der Waals surface area contributed by atoms with Gasteiger partial charge in [0.15, 0.2) is 0 Å². The molecule has 0 unspecified atom stereocenters. The first kappa shape index (κ1) is 18.2. The van der Waals surface area contributed by atoms with E-state index in [9.17, 15) is 0 Å². The van der Waals surface area contributed by atoms with Gasteiger partial charge in [0.25, 0.3) is 0 Å². The van der Waals surface area contributed by atoms with Crippen LogP contribution in [0.15, 0.2) is 54.6 Å². The number of unbranched alkanes of at least 4 members (excludes halogenated alkanes) is 1. The maximum atomic E-state index is 5.87. The van der Waals surface area contributed by atoms with E-state index in [1.807, 2.05) is 24.3 Å². The Kier molecular flexibility index (Phi) is 7.16. The molecule has 0 amide bonds. The first-order valence-electron chi connectivity index (χ1n) is 9.16. The lowest BCUT2D eigenvalue weighted by molar-refractivity contribution is 0.124. The van der Waals surface area contributed by atoms with Crippen molar-refractivity contribution in [2.45, 2.75) is 19.4 Å². The topological polar surface area (TPSA) is 15.7 Å². The van der Waals surface area contributed by atoms with Crippen LogP contribution in [0.5, 0.6) is 5.75 Å². The molecule has 3 rings (SSSR count). The Morgan fingerprint density at radius 2 is 1.48 bits per heavy atom. The summed E-state index contributed by atoms with van der Waals surface area (Å²) in [5.41, 5.74) is 1.41. The van der Waals surface area contributed by atoms with E-state index in [1.165, 1.54) is 31.6 Å². The Labute approximate surface area is 156 Å². The summed E-state index contributed by atoms with van der Waals surface area (Å²) in [5.74, 6) is 0.902. The van der Waals surface area contributed by atoms with E-state index in [-0.39, 0.29) is 0 Å². The van der Waals surface area contributed by atoms with E-state index in [0.717, 1.165) is 43.4 Å². The van der Waals surface area contributed by atoms with Gasteiger partial charge >= 0.3 is 0 Å². The largest absolute Gasteiger partial charge is 0.494 e. The number of rotatable bonds is 8. The van der Waals surface area contributed by atoms with Gasteiger partial charge in [0.05, 0.1) is 6.61 Å². The number of nitrogens with zero attached hydrogens (tertiary/aromatic N) is 2. The molecule has 1 fully saturated rings. The van der Waals surface area contributed by atoms with Crippen LogP contribution in [0.1, 0.15) is 18.4 Å². The normalized spacial score (nSPS) is 16.0. The van der Waals surface area contributed by atoms with E-state index in [4.69, 9.17) is 16.3 Å². The van der Waals surface area contributed by atoms with E-state index >= 15 is 0 Å². The molecule has 0 atom stereocenters. The van der Waals surface area contributed by atoms with Gasteiger partial charge in [-0.25, -0.2) is 0 Å². The van der Waals surface area contributed by atoms with Crippen molar-refractivity contribution in [2.24, 2.45) is 0 Å². The zero-order valence-electron chi connectivity index (χ0n) is 14.7. The van der Waals surface area contributed by atoms with Crippen LogP contribution in [0.3, 0.4) is 0 Å². The molecule has 0 radical (unpaired) electrons. The lowest BCUT2D eigenvalue weighted by Crippen LogP contribution is -2.46. The fourth-order valence-corrected chi connectivity index (χ4v) is 3.30. The highest BCUT2D eigenvalue weighted by Gasteiger charge is 2.16. The number of benzene rings is 2. The lowest BCUT2D eigenvalue weighted by atomic mass is 10.2. The first-order chi connectivity index (χ1) is 12.3. The summed E-state index contributed by atoms with van der Waals surface area (Å²) in [6.07, 6.45) is 2.28. The Morgan fingerprint density at radius 1 is 0.800 bits per heavy atom. The fraction of sp³-hybridized carbons (Fsp3) is 0.429. The van der Waals surface area contributed by atoms with Crippen molar-refractivity contribution in [1.82, 2.24) is 9.80 Å². The molecule has 2 aromatic rings. The smallest absolute Gasteiger partial charge is 0.119 e. The van der Waals surface area contributed by atoms with Crippen molar-refractivity contribution in [1.29, 1.82) is 0 Å². The molecule has 2 aromatic carbocycles. The predicted octanol–water partition coefficient (Wildman–Crippen LogP) is 4.32. The third-order valence-corrected chi connectivity index (χ3v) is 4.92. The molecule has 1 saturated heterocycles. The van der Waals surface area contributed by atoms with Gasteiger partial charge in [0.1, 0.15) is 5.75 Å². The summed E-state index contributed by atoms with van der Waals surface area (Å²) >= 11 is 5.87. The van der Waals surface area contributed by atoms with Crippen LogP contribution >= 0.6 is 11.6 Å². The second-order valence-electron chi connectivity index (χ2n) is 6.61. The molecule has 0 N–H and O–H groups in total. The van der Waals surface area contributed by atoms with Gasteiger partial charge in [-0.05, 0) is 49.2 Å². The summed E-state index contributed by atoms with van der Waals surface area (Å²) in [5, 5.41) is 0.749. The highest BCUT2D eigenvalue weighted by Crippen LogP contribution is 2.16. The summed E-state index contributed by atoms with van der Waals surface area (Å²) < 4.78 is 5.75. The molecule has 4 heteroatoms. The van der Waals surface area contributed by atoms with E-state index in [2.05, 4.69) is 40.1 Å². The molecule has 0 bridgehead atoms. The van der Waals surface area contributed by atoms with Gasteiger partial charge in [-0.1, -0.05) is 41.9 Å². The monoisotopic (exact) mass is 358 g/mol. The molecule has 0 spiro atoms. The Balaban J connectivity index is 1.26. The van der Waals surface area contributed by atoms with Crippen molar-refractivity contribution in [2.75, 3.05) is 39.3 Å². The van der Waals surface area contributed by atoms with Gasteiger partial charge in [-0.15, -0.1) is 0 Å². The SMILES string of the molecule is Clc1ccc(OCCCCN2CCN(Cc3ccccc3)CC2)cc1. The van der Waals surface area contributed by atoms with Crippen molar-refractivity contribution in [3.63, 3.8) is 0 Å². The minimum atomic E-state index is 0.749. The highest BCUT2D eigenvalue weighted by atomic mass is 35.5. The van der Waals surface area contributed by atoms with Crippen LogP contribution in [0.2, 0.25) is 5.02 Å². The summed E-state index contributed by atoms with van der Waals surface area (Å²) in [6.45, 7) is 7.68. The Hall–Kier alpha value is -1.55. The molecule has 1 aliphatic heterocycles. The Morgan fingerprint density at radius 3 is 2.20 bits per heavy atom. The van der Waals surface area contributed by atoms with E-state index in [0.29, 0.717) is 0 Å². The van der Waals surface area contributed by atoms with Crippen molar-refractivity contribution < 1.29 is 4.74 Å². The van der Waals surface area contributed by atoms with Crippen LogP contribution in [0.4, 0.5) is 0 Å². The van der Waals surface area contributed by atoms with Crippen LogP contribution in [0.25, 0.3) is 0 Å². The zero-order valence-corrected chi connectivity index (χ0v) is 15.5. The number of piperazine rings is 1. The molecule has 3 nitrogen and oxygen atoms in total. The summed E-state index contributed by atoms with van der Waals surface area (Å²) in [4.78, 5) is 5.12. The standard InChI is InChI=1S/C21H27ClN2O/c22-20-8-10-21(11-9-20)25-17-5-4-12-23-13-15-24(16-14-23)18-19-6-2-1-3-7-19/h1-3,6-11H,4-5,12-18H2. The lowest BCUT2D eigenvalue weighted by Gasteiger charge is -2.34. The van der Waals surface area contributed by atoms with Crippen molar-refractivity contribution in [3.8, 4) is 5.75 Å². The maximum absolute atomic E-state index is 5.87. The number of hydrogen-bond donors (Lipinski definition) is 0. The van der Waals surface area contributed by atoms with Gasteiger partial charge < -0.3 is 9.64 Å². The molecule has 0 saturated carbocycles. The minimum Gasteiger partial charge on any atom is -0.494 e. The second kappa shape index (κ2) is 9.81. The van der Waals surface area contributed by atoms with Crippen LogP contribution in [-0.2, 0) is 6.54 Å². The molecule has 25 heavy (non-hydrogen) atoms. The number of halogens is 1. The second-order valence-corrected chi connectivity index (χ2v) is 7.05. The van der Waals surface area contributed by atoms with Crippen molar-refractivity contribution >= 4 is 11.6 Å². The minimum absolute atomic E-state index is 0.749. The van der Waals surface area contributed by atoms with E-state index < -0.39 is 0 Å². The molecule has 134 valence electrons. The number of hydrogen-bond acceptors (Lipinski definition) is 3. The number of ether oxygens (including phenoxy) is 1. The molecule has 1 aliphatic rings. The Bertz CT molecular complexity index is 610. The zero-order chi connectivity index (χ0) is 17.3. The van der Waals surface area contributed by atoms with Gasteiger partial charge in [-0.3, -0.25) is 4.90 Å². The molecular weight excluding hydrogens is 332 g/mol. The van der Waals surface area contributed by atoms with E-state index in [1.54, 1.807) is 0 Å². The predicted molar refractivity (Wildman–Crippen MR) is 104 cm³/mol. The quantitative estimate of drug-likeness (QED) is 0.654. The van der Waals surface area contributed by atoms with Gasteiger partial charge in [0, 0.05) is 37.7 Å². The van der Waals surface area contributed by atoms with Crippen molar-refractivity contribution in [3.05, 3.63) is 65.2 Å². The summed E-state index contributed by atoms with van der Waals surface area (Å²) in [6, 6.07) is 18.3. The van der Waals surface area contributed by atoms with Gasteiger partial charge in [0.2, 0.25) is 0 Å². The molecule has 0 aliphatic carbocycles. The average molecular weight is 359 g/mol. The average Bonchev–Trinajstić information content (AvgIpc) is 2.65. The third-order valence-electron chi connectivity index (χ3n) is 4.66.